The van der Waals surface area contributed by atoms with Crippen LogP contribution in [0.2, 0.25) is 0 Å². The lowest BCUT2D eigenvalue weighted by atomic mass is 10.2. The maximum atomic E-state index is 12.1. The van der Waals surface area contributed by atoms with Gasteiger partial charge in [0.15, 0.2) is 0 Å². The van der Waals surface area contributed by atoms with Gasteiger partial charge in [0.1, 0.15) is 5.82 Å². The molecule has 0 fully saturated rings. The van der Waals surface area contributed by atoms with E-state index in [0.29, 0.717) is 6.54 Å². The smallest absolute Gasteiger partial charge is 0.370 e. The number of nitrogens with one attached hydrogen (secondary N) is 1. The summed E-state index contributed by atoms with van der Waals surface area (Å²) < 4.78 is 36.3. The van der Waals surface area contributed by atoms with Gasteiger partial charge in [-0.25, -0.2) is 4.98 Å². The molecule has 0 atom stereocenters. The quantitative estimate of drug-likeness (QED) is 0.827. The van der Waals surface area contributed by atoms with Crippen LogP contribution >= 0.6 is 0 Å². The van der Waals surface area contributed by atoms with E-state index in [1.165, 1.54) is 0 Å². The van der Waals surface area contributed by atoms with Gasteiger partial charge in [0.25, 0.3) is 0 Å². The second-order valence-corrected chi connectivity index (χ2v) is 4.58. The summed E-state index contributed by atoms with van der Waals surface area (Å²) in [6.45, 7) is 3.38. The van der Waals surface area contributed by atoms with Crippen molar-refractivity contribution >= 4 is 5.82 Å². The third-order valence-corrected chi connectivity index (χ3v) is 2.61. The lowest BCUT2D eigenvalue weighted by molar-refractivity contribution is -0.137. The molecule has 1 N–H and O–H groups in total. The number of anilines is 1. The van der Waals surface area contributed by atoms with E-state index in [9.17, 15) is 13.2 Å². The summed E-state index contributed by atoms with van der Waals surface area (Å²) in [5.74, 6) is 0.767. The Bertz CT molecular complexity index is 380. The molecule has 0 aliphatic carbocycles. The molecule has 0 aromatic carbocycles. The molecule has 0 aliphatic rings. The fourth-order valence-corrected chi connectivity index (χ4v) is 1.63. The molecule has 1 heterocycles. The lowest BCUT2D eigenvalue weighted by Crippen LogP contribution is -2.24. The molecule has 6 heteroatoms. The van der Waals surface area contributed by atoms with Gasteiger partial charge in [0.2, 0.25) is 0 Å². The van der Waals surface area contributed by atoms with Gasteiger partial charge in [-0.2, -0.15) is 13.2 Å². The fourth-order valence-electron chi connectivity index (χ4n) is 1.63. The molecule has 0 unspecified atom stereocenters. The molecular weight excluding hydrogens is 255 g/mol. The van der Waals surface area contributed by atoms with E-state index in [1.54, 1.807) is 18.1 Å². The zero-order chi connectivity index (χ0) is 14.3. The first-order valence-corrected chi connectivity index (χ1v) is 6.35. The van der Waals surface area contributed by atoms with Gasteiger partial charge in [-0.3, -0.25) is 0 Å². The van der Waals surface area contributed by atoms with E-state index in [2.05, 4.69) is 17.2 Å². The number of pyridine rings is 1. The van der Waals surface area contributed by atoms with Crippen LogP contribution in [0.5, 0.6) is 0 Å². The molecule has 1 aromatic heterocycles. The van der Waals surface area contributed by atoms with Crippen molar-refractivity contribution in [3.05, 3.63) is 23.9 Å². The first-order valence-electron chi connectivity index (χ1n) is 6.35. The van der Waals surface area contributed by atoms with Gasteiger partial charge in [0, 0.05) is 25.8 Å². The largest absolute Gasteiger partial charge is 0.390 e. The Labute approximate surface area is 111 Å². The number of hydrogen-bond acceptors (Lipinski definition) is 3. The Balaban J connectivity index is 2.47. The normalized spacial score (nSPS) is 11.9. The summed E-state index contributed by atoms with van der Waals surface area (Å²) in [5, 5.41) is 3.15. The standard InChI is InChI=1S/C13H20F3N3/c1-3-6-17-12-9-11(4-7-18-12)10-19(2)8-5-13(14,15)16/h4,7,9H,3,5-6,8,10H2,1-2H3,(H,17,18). The molecule has 1 aromatic rings. The number of hydrogen-bond donors (Lipinski definition) is 1. The van der Waals surface area contributed by atoms with Crippen molar-refractivity contribution in [3.63, 3.8) is 0 Å². The van der Waals surface area contributed by atoms with Gasteiger partial charge < -0.3 is 10.2 Å². The van der Waals surface area contributed by atoms with Crippen molar-refractivity contribution < 1.29 is 13.2 Å². The number of nitrogens with zero attached hydrogens (tertiary/aromatic N) is 2. The second-order valence-electron chi connectivity index (χ2n) is 4.58. The average molecular weight is 275 g/mol. The minimum absolute atomic E-state index is 0.00352. The van der Waals surface area contributed by atoms with Crippen molar-refractivity contribution in [2.45, 2.75) is 32.5 Å². The monoisotopic (exact) mass is 275 g/mol. The second kappa shape index (κ2) is 7.33. The summed E-state index contributed by atoms with van der Waals surface area (Å²) in [6, 6.07) is 3.70. The Hall–Kier alpha value is -1.30. The highest BCUT2D eigenvalue weighted by atomic mass is 19.4. The van der Waals surface area contributed by atoms with Gasteiger partial charge in [-0.1, -0.05) is 6.92 Å². The number of alkyl halides is 3. The molecule has 108 valence electrons. The van der Waals surface area contributed by atoms with E-state index in [-0.39, 0.29) is 6.54 Å². The molecule has 0 saturated heterocycles. The van der Waals surface area contributed by atoms with Crippen LogP contribution in [0.1, 0.15) is 25.3 Å². The first kappa shape index (κ1) is 15.8. The Morgan fingerprint density at radius 3 is 2.74 bits per heavy atom. The molecule has 0 spiro atoms. The van der Waals surface area contributed by atoms with Crippen LogP contribution in [-0.4, -0.2) is 36.2 Å². The Kier molecular flexibility index (Phi) is 6.08. The van der Waals surface area contributed by atoms with Crippen molar-refractivity contribution in [2.75, 3.05) is 25.5 Å². The molecular formula is C13H20F3N3. The molecule has 19 heavy (non-hydrogen) atoms. The predicted octanol–water partition coefficient (Wildman–Crippen LogP) is 3.29. The number of halogens is 3. The van der Waals surface area contributed by atoms with Crippen LogP contribution in [-0.2, 0) is 6.54 Å². The van der Waals surface area contributed by atoms with Gasteiger partial charge >= 0.3 is 6.18 Å². The summed E-state index contributed by atoms with van der Waals surface area (Å²) in [7, 11) is 1.69. The minimum Gasteiger partial charge on any atom is -0.370 e. The van der Waals surface area contributed by atoms with Crippen molar-refractivity contribution in [2.24, 2.45) is 0 Å². The van der Waals surface area contributed by atoms with Crippen LogP contribution < -0.4 is 5.32 Å². The molecule has 1 rings (SSSR count). The number of aromatic nitrogens is 1. The van der Waals surface area contributed by atoms with Gasteiger partial charge in [-0.15, -0.1) is 0 Å². The van der Waals surface area contributed by atoms with Crippen molar-refractivity contribution in [1.29, 1.82) is 0 Å². The zero-order valence-corrected chi connectivity index (χ0v) is 11.3. The van der Waals surface area contributed by atoms with E-state index < -0.39 is 12.6 Å². The highest BCUT2D eigenvalue weighted by Crippen LogP contribution is 2.20. The van der Waals surface area contributed by atoms with Crippen LogP contribution in [0, 0.1) is 0 Å². The summed E-state index contributed by atoms with van der Waals surface area (Å²) in [6.07, 6.45) is -2.21. The molecule has 0 radical (unpaired) electrons. The summed E-state index contributed by atoms with van der Waals surface area (Å²) in [5.41, 5.74) is 0.957. The first-order chi connectivity index (χ1) is 8.90. The third kappa shape index (κ3) is 7.00. The number of rotatable bonds is 7. The third-order valence-electron chi connectivity index (χ3n) is 2.61. The summed E-state index contributed by atoms with van der Waals surface area (Å²) >= 11 is 0. The predicted molar refractivity (Wildman–Crippen MR) is 70.0 cm³/mol. The summed E-state index contributed by atoms with van der Waals surface area (Å²) in [4.78, 5) is 5.82. The van der Waals surface area contributed by atoms with Crippen molar-refractivity contribution in [1.82, 2.24) is 9.88 Å². The molecule has 0 saturated carbocycles. The molecule has 0 aliphatic heterocycles. The molecule has 0 amide bonds. The van der Waals surface area contributed by atoms with E-state index in [0.717, 1.165) is 24.3 Å². The van der Waals surface area contributed by atoms with Crippen LogP contribution in [0.3, 0.4) is 0 Å². The highest BCUT2D eigenvalue weighted by molar-refractivity contribution is 5.37. The zero-order valence-electron chi connectivity index (χ0n) is 11.3. The lowest BCUT2D eigenvalue weighted by Gasteiger charge is -2.18. The highest BCUT2D eigenvalue weighted by Gasteiger charge is 2.26. The molecule has 0 bridgehead atoms. The maximum Gasteiger partial charge on any atom is 0.390 e. The Morgan fingerprint density at radius 1 is 1.37 bits per heavy atom. The molecule has 3 nitrogen and oxygen atoms in total. The minimum atomic E-state index is -4.10. The van der Waals surface area contributed by atoms with E-state index in [4.69, 9.17) is 0 Å². The SMILES string of the molecule is CCCNc1cc(CN(C)CCC(F)(F)F)ccn1. The Morgan fingerprint density at radius 2 is 2.11 bits per heavy atom. The maximum absolute atomic E-state index is 12.1. The average Bonchev–Trinajstić information content (AvgIpc) is 2.33. The van der Waals surface area contributed by atoms with Crippen LogP contribution in [0.15, 0.2) is 18.3 Å². The van der Waals surface area contributed by atoms with E-state index >= 15 is 0 Å². The van der Waals surface area contributed by atoms with Crippen LogP contribution in [0.25, 0.3) is 0 Å². The van der Waals surface area contributed by atoms with Gasteiger partial charge in [-0.05, 0) is 31.2 Å². The fraction of sp³-hybridized carbons (Fsp3) is 0.615. The van der Waals surface area contributed by atoms with Gasteiger partial charge in [0.05, 0.1) is 6.42 Å². The van der Waals surface area contributed by atoms with Crippen molar-refractivity contribution in [3.8, 4) is 0 Å². The topological polar surface area (TPSA) is 28.2 Å². The van der Waals surface area contributed by atoms with Crippen LogP contribution in [0.4, 0.5) is 19.0 Å². The van der Waals surface area contributed by atoms with E-state index in [1.807, 2.05) is 12.1 Å².